The van der Waals surface area contributed by atoms with Crippen LogP contribution in [0.25, 0.3) is 0 Å². The predicted octanol–water partition coefficient (Wildman–Crippen LogP) is 14.4. The predicted molar refractivity (Wildman–Crippen MR) is 243 cm³/mol. The highest BCUT2D eigenvalue weighted by atomic mass is 31.2. The molecular weight excluding hydrogens is 734 g/mol. The minimum Gasteiger partial charge on any atom is -0.457 e. The van der Waals surface area contributed by atoms with Gasteiger partial charge in [0.1, 0.15) is 19.3 Å². The molecule has 0 aromatic rings. The molecule has 0 amide bonds. The quantitative estimate of drug-likeness (QED) is 0.0215. The zero-order chi connectivity index (χ0) is 42.0. The lowest BCUT2D eigenvalue weighted by Gasteiger charge is -2.24. The second kappa shape index (κ2) is 41.7. The van der Waals surface area contributed by atoms with Gasteiger partial charge in [0.15, 0.2) is 0 Å². The van der Waals surface area contributed by atoms with E-state index in [4.69, 9.17) is 18.5 Å². The minimum absolute atomic E-state index is 0.0890. The summed E-state index contributed by atoms with van der Waals surface area (Å²) in [6.07, 6.45) is 47.8. The Labute approximate surface area is 353 Å². The molecule has 57 heavy (non-hydrogen) atoms. The first-order valence-electron chi connectivity index (χ1n) is 24.1. The van der Waals surface area contributed by atoms with Crippen molar-refractivity contribution in [3.8, 4) is 0 Å². The van der Waals surface area contributed by atoms with Crippen LogP contribution in [0.3, 0.4) is 0 Å². The standard InChI is InChI=1S/C48H94NO7P/c1-6-8-10-12-14-16-18-20-22-24-26-28-30-32-34-36-38-40-43-53-45-47(46-55-57(51,52)54-44-42-49(3,4)5)56-48(50)41-39-37-35-33-31-29-27-25-23-21-19-17-15-13-11-9-7-2/h15,17,21,23,47H,6-14,16,18-20,22,24-46H2,1-5H3/p+1/b17-15-,23-21-/t47-/m1/s1. The Morgan fingerprint density at radius 3 is 1.46 bits per heavy atom. The molecule has 338 valence electrons. The maximum absolute atomic E-state index is 12.7. The molecule has 9 heteroatoms. The number of hydrogen-bond acceptors (Lipinski definition) is 6. The third kappa shape index (κ3) is 45.9. The molecule has 2 atom stereocenters. The van der Waals surface area contributed by atoms with Crippen molar-refractivity contribution in [2.24, 2.45) is 0 Å². The molecular formula is C48H95NO7P+. The van der Waals surface area contributed by atoms with Crippen molar-refractivity contribution in [2.45, 2.75) is 225 Å². The van der Waals surface area contributed by atoms with Gasteiger partial charge in [-0.15, -0.1) is 0 Å². The molecule has 0 bridgehead atoms. The van der Waals surface area contributed by atoms with Gasteiger partial charge in [-0.3, -0.25) is 13.8 Å². The van der Waals surface area contributed by atoms with Crippen LogP contribution in [0.5, 0.6) is 0 Å². The first kappa shape index (κ1) is 56.0. The monoisotopic (exact) mass is 829 g/mol. The molecule has 0 aliphatic carbocycles. The number of phosphoric ester groups is 1. The fourth-order valence-corrected chi connectivity index (χ4v) is 7.50. The van der Waals surface area contributed by atoms with E-state index >= 15 is 0 Å². The molecule has 0 spiro atoms. The smallest absolute Gasteiger partial charge is 0.457 e. The van der Waals surface area contributed by atoms with Crippen LogP contribution in [-0.2, 0) is 27.9 Å². The van der Waals surface area contributed by atoms with Gasteiger partial charge < -0.3 is 18.9 Å². The maximum atomic E-state index is 12.7. The third-order valence-electron chi connectivity index (χ3n) is 10.5. The summed E-state index contributed by atoms with van der Waals surface area (Å²) in [5, 5.41) is 0. The number of esters is 1. The molecule has 0 radical (unpaired) electrons. The van der Waals surface area contributed by atoms with Gasteiger partial charge in [-0.2, -0.15) is 0 Å². The second-order valence-electron chi connectivity index (χ2n) is 17.5. The van der Waals surface area contributed by atoms with E-state index in [1.54, 1.807) is 0 Å². The van der Waals surface area contributed by atoms with E-state index < -0.39 is 13.9 Å². The number of quaternary nitrogens is 1. The van der Waals surface area contributed by atoms with Gasteiger partial charge >= 0.3 is 13.8 Å². The van der Waals surface area contributed by atoms with E-state index in [1.807, 2.05) is 21.1 Å². The SMILES string of the molecule is CCCCC/C=C\C/C=C\CCCCCCCCCC(=O)O[C@H](COCCCCCCCCCCCCCCCCCCCC)COP(=O)(O)OCC[N+](C)(C)C. The van der Waals surface area contributed by atoms with E-state index in [0.717, 1.165) is 44.9 Å². The van der Waals surface area contributed by atoms with Gasteiger partial charge in [-0.1, -0.05) is 192 Å². The molecule has 0 saturated carbocycles. The van der Waals surface area contributed by atoms with Crippen LogP contribution >= 0.6 is 7.82 Å². The Balaban J connectivity index is 4.17. The Morgan fingerprint density at radius 1 is 0.544 bits per heavy atom. The Morgan fingerprint density at radius 2 is 0.965 bits per heavy atom. The summed E-state index contributed by atoms with van der Waals surface area (Å²) in [5.41, 5.74) is 0. The van der Waals surface area contributed by atoms with Crippen molar-refractivity contribution >= 4 is 13.8 Å². The van der Waals surface area contributed by atoms with Crippen LogP contribution in [0.4, 0.5) is 0 Å². The van der Waals surface area contributed by atoms with Crippen LogP contribution in [0.2, 0.25) is 0 Å². The number of hydrogen-bond donors (Lipinski definition) is 1. The van der Waals surface area contributed by atoms with E-state index in [2.05, 4.69) is 38.2 Å². The number of likely N-dealkylation sites (N-methyl/N-ethyl adjacent to an activating group) is 1. The van der Waals surface area contributed by atoms with E-state index in [0.29, 0.717) is 24.1 Å². The zero-order valence-corrected chi connectivity index (χ0v) is 39.2. The average molecular weight is 829 g/mol. The number of allylic oxidation sites excluding steroid dienone is 4. The average Bonchev–Trinajstić information content (AvgIpc) is 3.16. The first-order chi connectivity index (χ1) is 27.6. The highest BCUT2D eigenvalue weighted by Gasteiger charge is 2.26. The van der Waals surface area contributed by atoms with Gasteiger partial charge in [0.25, 0.3) is 0 Å². The Hall–Kier alpha value is -1.02. The maximum Gasteiger partial charge on any atom is 0.472 e. The van der Waals surface area contributed by atoms with Crippen LogP contribution < -0.4 is 0 Å². The number of carbonyl (C=O) groups is 1. The van der Waals surface area contributed by atoms with Crippen molar-refractivity contribution in [1.29, 1.82) is 0 Å². The van der Waals surface area contributed by atoms with Crippen LogP contribution in [0.15, 0.2) is 24.3 Å². The van der Waals surface area contributed by atoms with Crippen LogP contribution in [0, 0.1) is 0 Å². The molecule has 0 aromatic carbocycles. The van der Waals surface area contributed by atoms with Crippen LogP contribution in [-0.4, -0.2) is 75.6 Å². The summed E-state index contributed by atoms with van der Waals surface area (Å²) in [7, 11) is 1.67. The van der Waals surface area contributed by atoms with E-state index in [1.165, 1.54) is 154 Å². The van der Waals surface area contributed by atoms with Gasteiger partial charge in [0.2, 0.25) is 0 Å². The highest BCUT2D eigenvalue weighted by Crippen LogP contribution is 2.43. The van der Waals surface area contributed by atoms with E-state index in [-0.39, 0.29) is 25.8 Å². The van der Waals surface area contributed by atoms with Crippen molar-refractivity contribution in [3.63, 3.8) is 0 Å². The summed E-state index contributed by atoms with van der Waals surface area (Å²) in [5.74, 6) is -0.318. The first-order valence-corrected chi connectivity index (χ1v) is 25.6. The largest absolute Gasteiger partial charge is 0.472 e. The molecule has 0 rings (SSSR count). The number of phosphoric acid groups is 1. The van der Waals surface area contributed by atoms with Crippen molar-refractivity contribution in [3.05, 3.63) is 24.3 Å². The van der Waals surface area contributed by atoms with Gasteiger partial charge in [-0.05, 0) is 44.9 Å². The van der Waals surface area contributed by atoms with Gasteiger partial charge in [-0.25, -0.2) is 4.57 Å². The van der Waals surface area contributed by atoms with Crippen LogP contribution in [0.1, 0.15) is 219 Å². The van der Waals surface area contributed by atoms with Crippen molar-refractivity contribution in [1.82, 2.24) is 0 Å². The lowest BCUT2D eigenvalue weighted by atomic mass is 10.0. The van der Waals surface area contributed by atoms with Crippen molar-refractivity contribution in [2.75, 3.05) is 54.1 Å². The lowest BCUT2D eigenvalue weighted by Crippen LogP contribution is -2.37. The molecule has 1 unspecified atom stereocenters. The molecule has 8 nitrogen and oxygen atoms in total. The Bertz CT molecular complexity index is 967. The summed E-state index contributed by atoms with van der Waals surface area (Å²) < 4.78 is 35.1. The van der Waals surface area contributed by atoms with Gasteiger partial charge in [0.05, 0.1) is 34.4 Å². The minimum atomic E-state index is -4.28. The molecule has 0 saturated heterocycles. The number of carbonyl (C=O) groups excluding carboxylic acids is 1. The molecule has 0 aliphatic rings. The number of unbranched alkanes of at least 4 members (excludes halogenated alkanes) is 27. The summed E-state index contributed by atoms with van der Waals surface area (Å²) in [4.78, 5) is 22.9. The summed E-state index contributed by atoms with van der Waals surface area (Å²) in [6, 6.07) is 0. The normalized spacial score (nSPS) is 13.9. The number of nitrogens with zero attached hydrogens (tertiary/aromatic N) is 1. The zero-order valence-electron chi connectivity index (χ0n) is 38.3. The van der Waals surface area contributed by atoms with Gasteiger partial charge in [0, 0.05) is 13.0 Å². The summed E-state index contributed by atoms with van der Waals surface area (Å²) >= 11 is 0. The molecule has 0 fully saturated rings. The lowest BCUT2D eigenvalue weighted by molar-refractivity contribution is -0.870. The third-order valence-corrected chi connectivity index (χ3v) is 11.5. The topological polar surface area (TPSA) is 91.3 Å². The molecule has 1 N–H and O–H groups in total. The highest BCUT2D eigenvalue weighted by molar-refractivity contribution is 7.47. The number of rotatable bonds is 45. The Kier molecular flexibility index (Phi) is 41.0. The fourth-order valence-electron chi connectivity index (χ4n) is 6.76. The molecule has 0 aromatic heterocycles. The fraction of sp³-hybridized carbons (Fsp3) is 0.896. The van der Waals surface area contributed by atoms with Crippen molar-refractivity contribution < 1.29 is 37.3 Å². The number of ether oxygens (including phenoxy) is 2. The molecule has 0 heterocycles. The van der Waals surface area contributed by atoms with E-state index in [9.17, 15) is 14.3 Å². The summed E-state index contributed by atoms with van der Waals surface area (Å²) in [6.45, 7) is 5.63. The second-order valence-corrected chi connectivity index (χ2v) is 19.0. The molecule has 0 aliphatic heterocycles.